The van der Waals surface area contributed by atoms with Crippen LogP contribution in [0.5, 0.6) is 0 Å². The Morgan fingerprint density at radius 3 is 2.86 bits per heavy atom. The third-order valence-corrected chi connectivity index (χ3v) is 5.61. The van der Waals surface area contributed by atoms with E-state index in [0.29, 0.717) is 5.92 Å². The Hall–Kier alpha value is -0.890. The van der Waals surface area contributed by atoms with Crippen molar-refractivity contribution in [3.63, 3.8) is 0 Å². The zero-order chi connectivity index (χ0) is 14.7. The Morgan fingerprint density at radius 2 is 2.19 bits per heavy atom. The monoisotopic (exact) mass is 289 g/mol. The maximum absolute atomic E-state index is 13.6. The molecule has 21 heavy (non-hydrogen) atoms. The third kappa shape index (κ3) is 3.66. The maximum Gasteiger partial charge on any atom is 0.123 e. The molecule has 1 nitrogen and oxygen atoms in total. The van der Waals surface area contributed by atoms with Crippen molar-refractivity contribution >= 4 is 0 Å². The first-order chi connectivity index (χ1) is 10.3. The maximum atomic E-state index is 13.6. The van der Waals surface area contributed by atoms with Crippen LogP contribution in [0.25, 0.3) is 0 Å². The summed E-state index contributed by atoms with van der Waals surface area (Å²) in [7, 11) is 0. The Kier molecular flexibility index (Phi) is 4.95. The molecule has 2 fully saturated rings. The Bertz CT molecular complexity index is 459. The fourth-order valence-corrected chi connectivity index (χ4v) is 4.58. The van der Waals surface area contributed by atoms with Gasteiger partial charge in [-0.05, 0) is 80.0 Å². The van der Waals surface area contributed by atoms with Crippen molar-refractivity contribution in [2.24, 2.45) is 17.8 Å². The van der Waals surface area contributed by atoms with E-state index >= 15 is 0 Å². The number of nitrogens with one attached hydrogen (secondary N) is 1. The highest BCUT2D eigenvalue weighted by atomic mass is 19.1. The van der Waals surface area contributed by atoms with Gasteiger partial charge < -0.3 is 5.32 Å². The predicted octanol–water partition coefficient (Wildman–Crippen LogP) is 4.74. The molecular formula is C19H28FN. The van der Waals surface area contributed by atoms with Crippen molar-refractivity contribution in [3.05, 3.63) is 35.6 Å². The van der Waals surface area contributed by atoms with Crippen LogP contribution >= 0.6 is 0 Å². The van der Waals surface area contributed by atoms with E-state index in [1.54, 1.807) is 12.1 Å². The van der Waals surface area contributed by atoms with Crippen LogP contribution in [0.3, 0.4) is 0 Å². The molecule has 1 N–H and O–H groups in total. The molecule has 1 aromatic carbocycles. The number of halogens is 1. The summed E-state index contributed by atoms with van der Waals surface area (Å²) in [6.07, 6.45) is 8.17. The summed E-state index contributed by atoms with van der Waals surface area (Å²) in [5.74, 6) is 3.20. The van der Waals surface area contributed by atoms with Crippen LogP contribution in [0.4, 0.5) is 4.39 Å². The van der Waals surface area contributed by atoms with Crippen molar-refractivity contribution < 1.29 is 4.39 Å². The molecule has 0 radical (unpaired) electrons. The lowest BCUT2D eigenvalue weighted by Crippen LogP contribution is -2.25. The minimum absolute atomic E-state index is 0.0964. The molecule has 2 saturated carbocycles. The van der Waals surface area contributed by atoms with Crippen LogP contribution in [0.15, 0.2) is 24.3 Å². The van der Waals surface area contributed by atoms with Gasteiger partial charge in [0.05, 0.1) is 0 Å². The van der Waals surface area contributed by atoms with Gasteiger partial charge in [-0.2, -0.15) is 0 Å². The number of fused-ring (bicyclic) bond motifs is 2. The van der Waals surface area contributed by atoms with Crippen LogP contribution in [-0.4, -0.2) is 13.1 Å². The van der Waals surface area contributed by atoms with Gasteiger partial charge >= 0.3 is 0 Å². The van der Waals surface area contributed by atoms with E-state index in [9.17, 15) is 4.39 Å². The van der Waals surface area contributed by atoms with Crippen LogP contribution in [0.1, 0.15) is 56.9 Å². The summed E-state index contributed by atoms with van der Waals surface area (Å²) in [5.41, 5.74) is 1.18. The first-order valence-corrected chi connectivity index (χ1v) is 8.72. The van der Waals surface area contributed by atoms with Gasteiger partial charge in [0.25, 0.3) is 0 Å². The van der Waals surface area contributed by atoms with Crippen LogP contribution in [-0.2, 0) is 0 Å². The summed E-state index contributed by atoms with van der Waals surface area (Å²) < 4.78 is 13.6. The summed E-state index contributed by atoms with van der Waals surface area (Å²) in [6, 6.07) is 7.26. The topological polar surface area (TPSA) is 12.0 Å². The van der Waals surface area contributed by atoms with Crippen molar-refractivity contribution in [2.75, 3.05) is 13.1 Å². The highest BCUT2D eigenvalue weighted by Gasteiger charge is 2.40. The van der Waals surface area contributed by atoms with Gasteiger partial charge in [-0.25, -0.2) is 4.39 Å². The standard InChI is InChI=1S/C19H28FN/c1-2-8-21-13-18(15-4-3-5-19(20)12-15)11-17-10-14-6-7-16(17)9-14/h3-5,12,14,16-18,21H,2,6-11,13H2,1H3. The number of benzene rings is 1. The smallest absolute Gasteiger partial charge is 0.123 e. The molecule has 0 spiro atoms. The van der Waals surface area contributed by atoms with Gasteiger partial charge in [0.2, 0.25) is 0 Å². The lowest BCUT2D eigenvalue weighted by Gasteiger charge is -2.27. The van der Waals surface area contributed by atoms with Crippen LogP contribution in [0.2, 0.25) is 0 Å². The Labute approximate surface area is 128 Å². The molecule has 1 aromatic rings. The predicted molar refractivity (Wildman–Crippen MR) is 85.9 cm³/mol. The lowest BCUT2D eigenvalue weighted by atomic mass is 9.80. The SMILES string of the molecule is CCCNCC(CC1CC2CCC1C2)c1cccc(F)c1. The fraction of sp³-hybridized carbons (Fsp3) is 0.684. The molecule has 4 unspecified atom stereocenters. The van der Waals surface area contributed by atoms with Gasteiger partial charge in [-0.3, -0.25) is 0 Å². The first kappa shape index (κ1) is 15.0. The van der Waals surface area contributed by atoms with Crippen LogP contribution < -0.4 is 5.32 Å². The van der Waals surface area contributed by atoms with E-state index in [-0.39, 0.29) is 5.82 Å². The fourth-order valence-electron chi connectivity index (χ4n) is 4.58. The Balaban J connectivity index is 1.66. The van der Waals surface area contributed by atoms with Crippen molar-refractivity contribution in [1.82, 2.24) is 5.32 Å². The second-order valence-electron chi connectivity index (χ2n) is 7.13. The molecular weight excluding hydrogens is 261 g/mol. The molecule has 2 heteroatoms. The minimum atomic E-state index is -0.0964. The van der Waals surface area contributed by atoms with Crippen molar-refractivity contribution in [3.8, 4) is 0 Å². The largest absolute Gasteiger partial charge is 0.316 e. The normalized spacial score (nSPS) is 29.0. The highest BCUT2D eigenvalue weighted by Crippen LogP contribution is 2.51. The first-order valence-electron chi connectivity index (χ1n) is 8.72. The molecule has 116 valence electrons. The van der Waals surface area contributed by atoms with E-state index in [1.807, 2.05) is 6.07 Å². The molecule has 0 aromatic heterocycles. The molecule has 0 saturated heterocycles. The minimum Gasteiger partial charge on any atom is -0.316 e. The van der Waals surface area contributed by atoms with Crippen molar-refractivity contribution in [1.29, 1.82) is 0 Å². The average Bonchev–Trinajstić information content (AvgIpc) is 3.09. The second-order valence-corrected chi connectivity index (χ2v) is 7.13. The Morgan fingerprint density at radius 1 is 1.29 bits per heavy atom. The number of rotatable bonds is 7. The summed E-state index contributed by atoms with van der Waals surface area (Å²) in [6.45, 7) is 4.24. The molecule has 3 rings (SSSR count). The van der Waals surface area contributed by atoms with Gasteiger partial charge in [0, 0.05) is 6.54 Å². The molecule has 2 bridgehead atoms. The number of hydrogen-bond donors (Lipinski definition) is 1. The van der Waals surface area contributed by atoms with Crippen molar-refractivity contribution in [2.45, 2.75) is 51.4 Å². The lowest BCUT2D eigenvalue weighted by molar-refractivity contribution is 0.291. The third-order valence-electron chi connectivity index (χ3n) is 5.61. The van der Waals surface area contributed by atoms with E-state index < -0.39 is 0 Å². The van der Waals surface area contributed by atoms with E-state index in [0.717, 1.165) is 37.3 Å². The van der Waals surface area contributed by atoms with E-state index in [2.05, 4.69) is 18.3 Å². The van der Waals surface area contributed by atoms with E-state index in [1.165, 1.54) is 37.7 Å². The molecule has 4 atom stereocenters. The van der Waals surface area contributed by atoms with Gasteiger partial charge in [-0.15, -0.1) is 0 Å². The summed E-state index contributed by atoms with van der Waals surface area (Å²) >= 11 is 0. The highest BCUT2D eigenvalue weighted by molar-refractivity contribution is 5.21. The molecule has 0 aliphatic heterocycles. The molecule has 0 heterocycles. The van der Waals surface area contributed by atoms with Gasteiger partial charge in [-0.1, -0.05) is 25.5 Å². The number of hydrogen-bond acceptors (Lipinski definition) is 1. The molecule has 2 aliphatic carbocycles. The zero-order valence-corrected chi connectivity index (χ0v) is 13.2. The second kappa shape index (κ2) is 6.91. The summed E-state index contributed by atoms with van der Waals surface area (Å²) in [5, 5.41) is 3.55. The van der Waals surface area contributed by atoms with Crippen LogP contribution in [0, 0.1) is 23.6 Å². The average molecular weight is 289 g/mol. The zero-order valence-electron chi connectivity index (χ0n) is 13.2. The molecule has 0 amide bonds. The van der Waals surface area contributed by atoms with Gasteiger partial charge in [0.1, 0.15) is 5.82 Å². The van der Waals surface area contributed by atoms with Gasteiger partial charge in [0.15, 0.2) is 0 Å². The summed E-state index contributed by atoms with van der Waals surface area (Å²) in [4.78, 5) is 0. The quantitative estimate of drug-likeness (QED) is 0.715. The van der Waals surface area contributed by atoms with E-state index in [4.69, 9.17) is 0 Å². The molecule has 2 aliphatic rings.